The summed E-state index contributed by atoms with van der Waals surface area (Å²) in [7, 11) is -8.30. The van der Waals surface area contributed by atoms with Crippen LogP contribution >= 0.6 is 10.2 Å². The van der Waals surface area contributed by atoms with Gasteiger partial charge in [-0.05, 0) is 51.3 Å². The van der Waals surface area contributed by atoms with Gasteiger partial charge in [-0.2, -0.15) is 0 Å². The monoisotopic (exact) mass is 417 g/mol. The smallest absolute Gasteiger partial charge is 0.410 e. The number of benzene rings is 1. The van der Waals surface area contributed by atoms with Gasteiger partial charge < -0.3 is 14.4 Å². The highest BCUT2D eigenvalue weighted by Crippen LogP contribution is 3.02. The molecule has 1 aromatic rings. The summed E-state index contributed by atoms with van der Waals surface area (Å²) in [6.07, 6.45) is 0.125. The fourth-order valence-electron chi connectivity index (χ4n) is 3.00. The topological polar surface area (TPSA) is 38.8 Å². The van der Waals surface area contributed by atoms with E-state index in [1.807, 2.05) is 0 Å². The van der Waals surface area contributed by atoms with Crippen molar-refractivity contribution >= 4 is 16.3 Å². The van der Waals surface area contributed by atoms with Gasteiger partial charge in [-0.15, -0.1) is 0 Å². The van der Waals surface area contributed by atoms with Crippen molar-refractivity contribution in [3.8, 4) is 0 Å². The number of carbonyl (C=O) groups excluding carboxylic acids is 1. The molecule has 2 rings (SSSR count). The van der Waals surface area contributed by atoms with Gasteiger partial charge in [-0.25, -0.2) is 4.79 Å². The quantitative estimate of drug-likeness (QED) is 0.549. The van der Waals surface area contributed by atoms with Gasteiger partial charge in [0.1, 0.15) is 10.5 Å². The van der Waals surface area contributed by atoms with Crippen LogP contribution in [0.25, 0.3) is 0 Å². The lowest BCUT2D eigenvalue weighted by Gasteiger charge is -2.43. The lowest BCUT2D eigenvalue weighted by molar-refractivity contribution is -0.0651. The van der Waals surface area contributed by atoms with E-state index in [-0.39, 0.29) is 13.1 Å². The first-order valence-electron chi connectivity index (χ1n) is 8.33. The average Bonchev–Trinajstić information content (AvgIpc) is 2.51. The Balaban J connectivity index is 2.18. The van der Waals surface area contributed by atoms with Crippen LogP contribution in [0.2, 0.25) is 0 Å². The first-order valence-corrected chi connectivity index (χ1v) is 10.3. The molecule has 1 aliphatic rings. The number of halogens is 5. The van der Waals surface area contributed by atoms with E-state index in [4.69, 9.17) is 9.47 Å². The van der Waals surface area contributed by atoms with Crippen LogP contribution in [-0.4, -0.2) is 36.8 Å². The first-order chi connectivity index (χ1) is 12.0. The molecule has 0 aliphatic carbocycles. The van der Waals surface area contributed by atoms with Gasteiger partial charge in [0.05, 0.1) is 5.60 Å². The molecule has 156 valence electrons. The van der Waals surface area contributed by atoms with Crippen molar-refractivity contribution in [1.82, 2.24) is 4.90 Å². The predicted molar refractivity (Wildman–Crippen MR) is 93.6 cm³/mol. The van der Waals surface area contributed by atoms with E-state index in [2.05, 4.69) is 0 Å². The lowest BCUT2D eigenvalue weighted by atomic mass is 9.84. The summed E-state index contributed by atoms with van der Waals surface area (Å²) < 4.78 is 75.3. The van der Waals surface area contributed by atoms with E-state index in [0.29, 0.717) is 30.5 Å². The average molecular weight is 417 g/mol. The molecule has 0 aromatic heterocycles. The number of likely N-dealkylation sites (tertiary alicyclic amines) is 1. The van der Waals surface area contributed by atoms with Crippen molar-refractivity contribution in [1.29, 1.82) is 0 Å². The third kappa shape index (κ3) is 5.25. The summed E-state index contributed by atoms with van der Waals surface area (Å²) in [5, 5.41) is 0. The highest BCUT2D eigenvalue weighted by Gasteiger charge is 2.65. The number of hydrogen-bond acceptors (Lipinski definition) is 3. The minimum Gasteiger partial charge on any atom is -0.444 e. The van der Waals surface area contributed by atoms with E-state index >= 15 is 0 Å². The summed E-state index contributed by atoms with van der Waals surface area (Å²) in [5.74, 6) is 0. The Bertz CT molecular complexity index is 705. The fourth-order valence-corrected chi connectivity index (χ4v) is 3.65. The third-order valence-corrected chi connectivity index (χ3v) is 5.60. The van der Waals surface area contributed by atoms with E-state index in [1.54, 1.807) is 20.8 Å². The van der Waals surface area contributed by atoms with Crippen LogP contribution in [0.3, 0.4) is 0 Å². The van der Waals surface area contributed by atoms with Crippen LogP contribution < -0.4 is 0 Å². The molecule has 1 fully saturated rings. The Labute approximate surface area is 155 Å². The molecule has 1 aromatic carbocycles. The normalized spacial score (nSPS) is 20.6. The molecule has 1 saturated heterocycles. The molecule has 0 radical (unpaired) electrons. The van der Waals surface area contributed by atoms with Crippen LogP contribution in [0.4, 0.5) is 24.2 Å². The van der Waals surface area contributed by atoms with Crippen LogP contribution in [0.1, 0.15) is 39.2 Å². The molecule has 1 amide bonds. The number of methoxy groups -OCH3 is 1. The fraction of sp³-hybridized carbons (Fsp3) is 0.588. The van der Waals surface area contributed by atoms with Gasteiger partial charge in [0, 0.05) is 20.2 Å². The predicted octanol–water partition coefficient (Wildman–Crippen LogP) is 6.22. The number of rotatable bonds is 3. The second kappa shape index (κ2) is 5.97. The van der Waals surface area contributed by atoms with Crippen molar-refractivity contribution in [2.75, 3.05) is 20.2 Å². The number of nitrogens with zero attached hydrogens (tertiary/aromatic N) is 1. The zero-order chi connectivity index (χ0) is 20.8. The van der Waals surface area contributed by atoms with Gasteiger partial charge in [0.25, 0.3) is 0 Å². The second-order valence-corrected chi connectivity index (χ2v) is 10.1. The lowest BCUT2D eigenvalue weighted by Crippen LogP contribution is -2.47. The van der Waals surface area contributed by atoms with Crippen LogP contribution in [0.5, 0.6) is 0 Å². The molecular weight excluding hydrogens is 393 g/mol. The van der Waals surface area contributed by atoms with Gasteiger partial charge >= 0.3 is 16.3 Å². The molecular formula is C17H24F5NO3S. The Hall–Kier alpha value is -1.55. The Kier molecular flexibility index (Phi) is 4.81. The third-order valence-electron chi connectivity index (χ3n) is 4.44. The number of piperidine rings is 1. The van der Waals surface area contributed by atoms with E-state index < -0.39 is 32.4 Å². The van der Waals surface area contributed by atoms with Crippen molar-refractivity contribution < 1.29 is 33.7 Å². The summed E-state index contributed by atoms with van der Waals surface area (Å²) in [5.41, 5.74) is -1.23. The van der Waals surface area contributed by atoms with Crippen molar-refractivity contribution in [2.24, 2.45) is 0 Å². The molecule has 10 heteroatoms. The van der Waals surface area contributed by atoms with E-state index in [1.165, 1.54) is 12.0 Å². The molecule has 0 unspecified atom stereocenters. The summed E-state index contributed by atoms with van der Waals surface area (Å²) in [6, 6.07) is 2.80. The largest absolute Gasteiger partial charge is 0.444 e. The maximum absolute atomic E-state index is 12.9. The number of amides is 1. The molecule has 1 aliphatic heterocycles. The van der Waals surface area contributed by atoms with Crippen LogP contribution in [0, 0.1) is 0 Å². The van der Waals surface area contributed by atoms with Crippen LogP contribution in [0.15, 0.2) is 29.2 Å². The molecule has 0 atom stereocenters. The molecule has 0 bridgehead atoms. The zero-order valence-electron chi connectivity index (χ0n) is 15.6. The van der Waals surface area contributed by atoms with Gasteiger partial charge in [-0.3, -0.25) is 0 Å². The maximum atomic E-state index is 12.9. The zero-order valence-corrected chi connectivity index (χ0v) is 16.4. The Morgan fingerprint density at radius 2 is 1.52 bits per heavy atom. The summed E-state index contributed by atoms with van der Waals surface area (Å²) in [6.45, 7) is 5.77. The standard InChI is InChI=1S/C17H24F5NO3S/c1-16(2,3)26-15(24)23-11-9-17(25-4,10-12-23)13-5-7-14(8-6-13)27(18,19,20,21)22/h5-8H,9-12H2,1-4H3. The van der Waals surface area contributed by atoms with Crippen molar-refractivity contribution in [2.45, 2.75) is 49.7 Å². The van der Waals surface area contributed by atoms with Crippen molar-refractivity contribution in [3.63, 3.8) is 0 Å². The maximum Gasteiger partial charge on any atom is 0.410 e. The SMILES string of the molecule is COC1(c2ccc(S(F)(F)(F)(F)F)cc2)CCN(C(=O)OC(C)(C)C)CC1. The highest BCUT2D eigenvalue weighted by atomic mass is 32.5. The molecule has 0 saturated carbocycles. The molecule has 27 heavy (non-hydrogen) atoms. The minimum atomic E-state index is -9.71. The van der Waals surface area contributed by atoms with Gasteiger partial charge in [0.15, 0.2) is 0 Å². The Morgan fingerprint density at radius 3 is 1.89 bits per heavy atom. The molecule has 4 nitrogen and oxygen atoms in total. The van der Waals surface area contributed by atoms with Crippen molar-refractivity contribution in [3.05, 3.63) is 29.8 Å². The number of hydrogen-bond donors (Lipinski definition) is 0. The second-order valence-electron chi connectivity index (χ2n) is 7.66. The summed E-state index contributed by atoms with van der Waals surface area (Å²) in [4.78, 5) is 11.7. The molecule has 1 heterocycles. The molecule has 0 spiro atoms. The Morgan fingerprint density at radius 1 is 1.04 bits per heavy atom. The van der Waals surface area contributed by atoms with Crippen LogP contribution in [-0.2, 0) is 15.1 Å². The highest BCUT2D eigenvalue weighted by molar-refractivity contribution is 8.45. The molecule has 0 N–H and O–H groups in total. The number of carbonyl (C=O) groups is 1. The van der Waals surface area contributed by atoms with E-state index in [0.717, 1.165) is 12.1 Å². The van der Waals surface area contributed by atoms with Gasteiger partial charge in [0.2, 0.25) is 0 Å². The minimum absolute atomic E-state index is 0.270. The van der Waals surface area contributed by atoms with E-state index in [9.17, 15) is 24.2 Å². The first kappa shape index (κ1) is 21.7. The summed E-state index contributed by atoms with van der Waals surface area (Å²) >= 11 is 0. The van der Waals surface area contributed by atoms with Gasteiger partial charge in [-0.1, -0.05) is 31.6 Å². The number of ether oxygens (including phenoxy) is 2.